The highest BCUT2D eigenvalue weighted by molar-refractivity contribution is 6.32. The van der Waals surface area contributed by atoms with Gasteiger partial charge in [-0.1, -0.05) is 11.6 Å². The molecule has 0 amide bonds. The van der Waals surface area contributed by atoms with E-state index in [0.717, 1.165) is 11.3 Å². The van der Waals surface area contributed by atoms with Crippen LogP contribution < -0.4 is 16.7 Å². The third kappa shape index (κ3) is 2.89. The predicted octanol–water partition coefficient (Wildman–Crippen LogP) is 1.98. The van der Waals surface area contributed by atoms with Gasteiger partial charge in [0.2, 0.25) is 5.95 Å². The molecule has 0 saturated heterocycles. The number of nitrogen functional groups attached to an aromatic ring is 1. The lowest BCUT2D eigenvalue weighted by atomic mass is 10.1. The SMILES string of the molecule is Cc1cc2occ(CN3CCc4nc(N)[nH]c(=O)c4C3)c(=O)c2cc1Cl. The molecule has 7 nitrogen and oxygen atoms in total. The van der Waals surface area contributed by atoms with E-state index in [2.05, 4.69) is 9.97 Å². The van der Waals surface area contributed by atoms with Crippen molar-refractivity contribution in [2.75, 3.05) is 12.3 Å². The number of hydrogen-bond donors (Lipinski definition) is 2. The number of nitrogens with two attached hydrogens (primary N) is 1. The van der Waals surface area contributed by atoms with Gasteiger partial charge in [-0.15, -0.1) is 0 Å². The van der Waals surface area contributed by atoms with Crippen molar-refractivity contribution in [3.63, 3.8) is 0 Å². The first-order chi connectivity index (χ1) is 12.4. The van der Waals surface area contributed by atoms with E-state index in [9.17, 15) is 9.59 Å². The molecule has 2 aromatic heterocycles. The summed E-state index contributed by atoms with van der Waals surface area (Å²) in [6.45, 7) is 3.32. The van der Waals surface area contributed by atoms with Gasteiger partial charge in [-0.25, -0.2) is 4.98 Å². The standard InChI is InChI=1S/C18H17ClN4O3/c1-9-4-15-11(5-13(9)19)16(24)10(8-26-15)6-23-3-2-14-12(7-23)17(25)22-18(20)21-14/h4-5,8H,2-3,6-7H2,1H3,(H3,20,21,22,25). The summed E-state index contributed by atoms with van der Waals surface area (Å²) >= 11 is 6.14. The van der Waals surface area contributed by atoms with Gasteiger partial charge in [0.1, 0.15) is 5.58 Å². The Morgan fingerprint density at radius 2 is 2.19 bits per heavy atom. The topological polar surface area (TPSA) is 105 Å². The van der Waals surface area contributed by atoms with E-state index in [4.69, 9.17) is 21.8 Å². The number of benzene rings is 1. The van der Waals surface area contributed by atoms with E-state index in [-0.39, 0.29) is 16.9 Å². The van der Waals surface area contributed by atoms with Gasteiger partial charge >= 0.3 is 0 Å². The third-order valence-electron chi connectivity index (χ3n) is 4.69. The van der Waals surface area contributed by atoms with Gasteiger partial charge < -0.3 is 10.2 Å². The first kappa shape index (κ1) is 16.8. The lowest BCUT2D eigenvalue weighted by molar-refractivity contribution is 0.239. The smallest absolute Gasteiger partial charge is 0.257 e. The van der Waals surface area contributed by atoms with E-state index in [1.54, 1.807) is 12.1 Å². The van der Waals surface area contributed by atoms with E-state index in [0.29, 0.717) is 53.2 Å². The number of aromatic nitrogens is 2. The highest BCUT2D eigenvalue weighted by atomic mass is 35.5. The van der Waals surface area contributed by atoms with Gasteiger partial charge in [-0.3, -0.25) is 19.5 Å². The van der Waals surface area contributed by atoms with Crippen molar-refractivity contribution in [2.45, 2.75) is 26.4 Å². The number of aromatic amines is 1. The number of halogens is 1. The van der Waals surface area contributed by atoms with E-state index < -0.39 is 0 Å². The van der Waals surface area contributed by atoms with Gasteiger partial charge in [0, 0.05) is 36.6 Å². The highest BCUT2D eigenvalue weighted by Gasteiger charge is 2.22. The summed E-state index contributed by atoms with van der Waals surface area (Å²) in [4.78, 5) is 33.6. The molecule has 0 radical (unpaired) electrons. The summed E-state index contributed by atoms with van der Waals surface area (Å²) in [6, 6.07) is 3.40. The van der Waals surface area contributed by atoms with Crippen molar-refractivity contribution in [2.24, 2.45) is 0 Å². The fraction of sp³-hybridized carbons (Fsp3) is 0.278. The minimum Gasteiger partial charge on any atom is -0.464 e. The highest BCUT2D eigenvalue weighted by Crippen LogP contribution is 2.22. The Morgan fingerprint density at radius 1 is 1.38 bits per heavy atom. The molecular weight excluding hydrogens is 356 g/mol. The van der Waals surface area contributed by atoms with Crippen LogP contribution in [0.1, 0.15) is 22.4 Å². The molecule has 8 heteroatoms. The Balaban J connectivity index is 1.66. The van der Waals surface area contributed by atoms with Crippen molar-refractivity contribution in [3.8, 4) is 0 Å². The fourth-order valence-electron chi connectivity index (χ4n) is 3.28. The molecule has 1 aromatic carbocycles. The molecule has 0 saturated carbocycles. The van der Waals surface area contributed by atoms with Crippen LogP contribution in [0, 0.1) is 6.92 Å². The van der Waals surface area contributed by atoms with E-state index >= 15 is 0 Å². The quantitative estimate of drug-likeness (QED) is 0.712. The van der Waals surface area contributed by atoms with Crippen molar-refractivity contribution < 1.29 is 4.42 Å². The number of aryl methyl sites for hydroxylation is 1. The average Bonchev–Trinajstić information content (AvgIpc) is 2.60. The molecule has 0 spiro atoms. The molecule has 3 N–H and O–H groups in total. The van der Waals surface area contributed by atoms with Crippen molar-refractivity contribution in [1.82, 2.24) is 14.9 Å². The van der Waals surface area contributed by atoms with Crippen LogP contribution in [0.3, 0.4) is 0 Å². The van der Waals surface area contributed by atoms with Crippen molar-refractivity contribution in [1.29, 1.82) is 0 Å². The fourth-order valence-corrected chi connectivity index (χ4v) is 3.44. The van der Waals surface area contributed by atoms with Crippen molar-refractivity contribution >= 4 is 28.5 Å². The molecule has 1 aliphatic heterocycles. The number of hydrogen-bond acceptors (Lipinski definition) is 6. The Bertz CT molecular complexity index is 1140. The molecular formula is C18H17ClN4O3. The summed E-state index contributed by atoms with van der Waals surface area (Å²) in [5, 5.41) is 0.992. The zero-order valence-corrected chi connectivity index (χ0v) is 14.9. The maximum absolute atomic E-state index is 12.8. The average molecular weight is 373 g/mol. The third-order valence-corrected chi connectivity index (χ3v) is 5.09. The Labute approximate surface area is 153 Å². The first-order valence-corrected chi connectivity index (χ1v) is 8.60. The van der Waals surface area contributed by atoms with Crippen LogP contribution in [0.15, 0.2) is 32.4 Å². The summed E-state index contributed by atoms with van der Waals surface area (Å²) in [6.07, 6.45) is 2.09. The lowest BCUT2D eigenvalue weighted by Crippen LogP contribution is -2.36. The number of nitrogens with zero attached hydrogens (tertiary/aromatic N) is 2. The van der Waals surface area contributed by atoms with Gasteiger partial charge in [0.05, 0.1) is 22.9 Å². The maximum Gasteiger partial charge on any atom is 0.257 e. The van der Waals surface area contributed by atoms with Crippen LogP contribution in [0.4, 0.5) is 5.95 Å². The second-order valence-electron chi connectivity index (χ2n) is 6.52. The molecule has 3 aromatic rings. The minimum atomic E-state index is -0.231. The number of nitrogens with one attached hydrogen (secondary N) is 1. The van der Waals surface area contributed by atoms with Crippen LogP contribution >= 0.6 is 11.6 Å². The molecule has 134 valence electrons. The second kappa shape index (κ2) is 6.26. The number of anilines is 1. The number of H-pyrrole nitrogens is 1. The van der Waals surface area contributed by atoms with Gasteiger partial charge in [-0.05, 0) is 24.6 Å². The molecule has 0 atom stereocenters. The summed E-state index contributed by atoms with van der Waals surface area (Å²) in [5.74, 6) is 0.129. The van der Waals surface area contributed by atoms with E-state index in [1.807, 2.05) is 11.8 Å². The molecule has 0 aliphatic carbocycles. The lowest BCUT2D eigenvalue weighted by Gasteiger charge is -2.27. The van der Waals surface area contributed by atoms with Crippen LogP contribution in [0.5, 0.6) is 0 Å². The molecule has 0 bridgehead atoms. The van der Waals surface area contributed by atoms with Crippen molar-refractivity contribution in [3.05, 3.63) is 66.4 Å². The number of rotatable bonds is 2. The van der Waals surface area contributed by atoms with Gasteiger partial charge in [-0.2, -0.15) is 0 Å². The molecule has 4 rings (SSSR count). The van der Waals surface area contributed by atoms with E-state index in [1.165, 1.54) is 6.26 Å². The predicted molar refractivity (Wildman–Crippen MR) is 99.3 cm³/mol. The zero-order chi connectivity index (χ0) is 18.4. The summed E-state index contributed by atoms with van der Waals surface area (Å²) < 4.78 is 5.63. The Hall–Kier alpha value is -2.64. The van der Waals surface area contributed by atoms with Crippen LogP contribution in [0.25, 0.3) is 11.0 Å². The molecule has 3 heterocycles. The normalized spacial score (nSPS) is 14.5. The van der Waals surface area contributed by atoms with Crippen LogP contribution in [-0.2, 0) is 19.5 Å². The molecule has 26 heavy (non-hydrogen) atoms. The van der Waals surface area contributed by atoms with Crippen LogP contribution in [-0.4, -0.2) is 21.4 Å². The first-order valence-electron chi connectivity index (χ1n) is 8.23. The Morgan fingerprint density at radius 3 is 3.00 bits per heavy atom. The largest absolute Gasteiger partial charge is 0.464 e. The minimum absolute atomic E-state index is 0.108. The monoisotopic (exact) mass is 372 g/mol. The number of fused-ring (bicyclic) bond motifs is 2. The van der Waals surface area contributed by atoms with Gasteiger partial charge in [0.15, 0.2) is 5.43 Å². The molecule has 0 unspecified atom stereocenters. The summed E-state index contributed by atoms with van der Waals surface area (Å²) in [7, 11) is 0. The summed E-state index contributed by atoms with van der Waals surface area (Å²) in [5.41, 5.74) is 8.46. The molecule has 1 aliphatic rings. The maximum atomic E-state index is 12.8. The second-order valence-corrected chi connectivity index (χ2v) is 6.93. The Kier molecular flexibility index (Phi) is 4.05. The van der Waals surface area contributed by atoms with Gasteiger partial charge in [0.25, 0.3) is 5.56 Å². The zero-order valence-electron chi connectivity index (χ0n) is 14.1. The molecule has 0 fully saturated rings. The van der Waals surface area contributed by atoms with Crippen LogP contribution in [0.2, 0.25) is 5.02 Å².